The largest absolute Gasteiger partial charge is 0.497 e. The maximum absolute atomic E-state index is 12.8. The predicted molar refractivity (Wildman–Crippen MR) is 97.8 cm³/mol. The number of anilines is 1. The highest BCUT2D eigenvalue weighted by Gasteiger charge is 2.30. The molecule has 0 radical (unpaired) electrons. The first-order valence-corrected chi connectivity index (χ1v) is 8.51. The average Bonchev–Trinajstić information content (AvgIpc) is 3.13. The van der Waals surface area contributed by atoms with Crippen molar-refractivity contribution in [3.8, 4) is 5.75 Å². The van der Waals surface area contributed by atoms with Gasteiger partial charge in [0.15, 0.2) is 0 Å². The monoisotopic (exact) mass is 340 g/mol. The second-order valence-corrected chi connectivity index (χ2v) is 6.14. The summed E-state index contributed by atoms with van der Waals surface area (Å²) in [5.41, 5.74) is 2.91. The van der Waals surface area contributed by atoms with Crippen molar-refractivity contribution in [2.24, 2.45) is 0 Å². The second kappa shape index (κ2) is 8.03. The lowest BCUT2D eigenvalue weighted by atomic mass is 10.0. The molecule has 1 saturated heterocycles. The van der Waals surface area contributed by atoms with Crippen molar-refractivity contribution in [2.75, 3.05) is 26.1 Å². The number of nitrogens with one attached hydrogen (secondary N) is 1. The molecule has 1 aliphatic heterocycles. The third-order valence-corrected chi connectivity index (χ3v) is 4.57. The standard InChI is InChI=1S/C20H24N2O3/c1-24-14-16-6-3-4-7-18(16)21-20(23)22-13-5-8-19(22)15-9-11-17(25-2)12-10-15/h3-4,6-7,9-12,19H,5,8,13-14H2,1-2H3,(H,21,23). The molecular weight excluding hydrogens is 316 g/mol. The van der Waals surface area contributed by atoms with Crippen LogP contribution in [-0.4, -0.2) is 31.7 Å². The van der Waals surface area contributed by atoms with E-state index in [0.29, 0.717) is 6.61 Å². The summed E-state index contributed by atoms with van der Waals surface area (Å²) < 4.78 is 10.4. The van der Waals surface area contributed by atoms with Crippen LogP contribution >= 0.6 is 0 Å². The van der Waals surface area contributed by atoms with E-state index in [2.05, 4.69) is 5.32 Å². The van der Waals surface area contributed by atoms with E-state index >= 15 is 0 Å². The number of benzene rings is 2. The summed E-state index contributed by atoms with van der Waals surface area (Å²) in [7, 11) is 3.31. The van der Waals surface area contributed by atoms with Crippen LogP contribution in [0, 0.1) is 0 Å². The number of ether oxygens (including phenoxy) is 2. The van der Waals surface area contributed by atoms with Gasteiger partial charge in [-0.3, -0.25) is 0 Å². The molecule has 2 amide bonds. The van der Waals surface area contributed by atoms with Crippen molar-refractivity contribution in [1.29, 1.82) is 0 Å². The van der Waals surface area contributed by atoms with Crippen LogP contribution in [0.1, 0.15) is 30.0 Å². The van der Waals surface area contributed by atoms with Crippen LogP contribution in [-0.2, 0) is 11.3 Å². The number of carbonyl (C=O) groups is 1. The van der Waals surface area contributed by atoms with Crippen LogP contribution in [0.2, 0.25) is 0 Å². The van der Waals surface area contributed by atoms with Crippen LogP contribution in [0.4, 0.5) is 10.5 Å². The summed E-state index contributed by atoms with van der Waals surface area (Å²) in [5, 5.41) is 3.04. The molecule has 5 nitrogen and oxygen atoms in total. The number of hydrogen-bond acceptors (Lipinski definition) is 3. The van der Waals surface area contributed by atoms with Crippen LogP contribution in [0.25, 0.3) is 0 Å². The number of amides is 2. The summed E-state index contributed by atoms with van der Waals surface area (Å²) in [6.07, 6.45) is 1.98. The number of urea groups is 1. The van der Waals surface area contributed by atoms with E-state index < -0.39 is 0 Å². The summed E-state index contributed by atoms with van der Waals surface area (Å²) in [4.78, 5) is 14.7. The molecule has 132 valence electrons. The Kier molecular flexibility index (Phi) is 5.56. The quantitative estimate of drug-likeness (QED) is 0.887. The zero-order valence-electron chi connectivity index (χ0n) is 14.7. The van der Waals surface area contributed by atoms with Gasteiger partial charge < -0.3 is 19.7 Å². The number of methoxy groups -OCH3 is 2. The van der Waals surface area contributed by atoms with E-state index in [1.165, 1.54) is 0 Å². The lowest BCUT2D eigenvalue weighted by Crippen LogP contribution is -2.34. The molecule has 0 aromatic heterocycles. The van der Waals surface area contributed by atoms with Gasteiger partial charge in [-0.2, -0.15) is 0 Å². The molecule has 0 bridgehead atoms. The van der Waals surface area contributed by atoms with Gasteiger partial charge in [-0.25, -0.2) is 4.79 Å². The third kappa shape index (κ3) is 3.94. The fourth-order valence-electron chi connectivity index (χ4n) is 3.29. The minimum Gasteiger partial charge on any atom is -0.497 e. The van der Waals surface area contributed by atoms with E-state index in [0.717, 1.165) is 42.0 Å². The van der Waals surface area contributed by atoms with E-state index in [1.54, 1.807) is 14.2 Å². The van der Waals surface area contributed by atoms with Gasteiger partial charge in [0.25, 0.3) is 0 Å². The lowest BCUT2D eigenvalue weighted by molar-refractivity contribution is 0.185. The molecule has 1 N–H and O–H groups in total. The summed E-state index contributed by atoms with van der Waals surface area (Å²) >= 11 is 0. The highest BCUT2D eigenvalue weighted by molar-refractivity contribution is 5.90. The summed E-state index contributed by atoms with van der Waals surface area (Å²) in [5.74, 6) is 0.825. The molecule has 0 spiro atoms. The molecule has 5 heteroatoms. The highest BCUT2D eigenvalue weighted by Crippen LogP contribution is 2.33. The van der Waals surface area contributed by atoms with Crippen LogP contribution < -0.4 is 10.1 Å². The minimum absolute atomic E-state index is 0.0677. The molecular formula is C20H24N2O3. The maximum atomic E-state index is 12.8. The van der Waals surface area contributed by atoms with Crippen molar-refractivity contribution in [3.05, 3.63) is 59.7 Å². The molecule has 0 saturated carbocycles. The first-order chi connectivity index (χ1) is 12.2. The van der Waals surface area contributed by atoms with Gasteiger partial charge >= 0.3 is 6.03 Å². The Morgan fingerprint density at radius 2 is 1.92 bits per heavy atom. The number of carbonyl (C=O) groups excluding carboxylic acids is 1. The Labute approximate surface area is 148 Å². The maximum Gasteiger partial charge on any atom is 0.322 e. The molecule has 1 unspecified atom stereocenters. The number of nitrogens with zero attached hydrogens (tertiary/aromatic N) is 1. The molecule has 2 aromatic carbocycles. The van der Waals surface area contributed by atoms with Crippen molar-refractivity contribution < 1.29 is 14.3 Å². The number of hydrogen-bond donors (Lipinski definition) is 1. The molecule has 1 aliphatic rings. The van der Waals surface area contributed by atoms with Gasteiger partial charge in [-0.15, -0.1) is 0 Å². The molecule has 2 aromatic rings. The first kappa shape index (κ1) is 17.3. The zero-order chi connectivity index (χ0) is 17.6. The topological polar surface area (TPSA) is 50.8 Å². The minimum atomic E-state index is -0.0677. The van der Waals surface area contributed by atoms with Gasteiger partial charge in [0, 0.05) is 24.9 Å². The number of likely N-dealkylation sites (tertiary alicyclic amines) is 1. The fourth-order valence-corrected chi connectivity index (χ4v) is 3.29. The molecule has 1 fully saturated rings. The van der Waals surface area contributed by atoms with E-state index in [4.69, 9.17) is 9.47 Å². The van der Waals surface area contributed by atoms with E-state index in [9.17, 15) is 4.79 Å². The molecule has 1 atom stereocenters. The Morgan fingerprint density at radius 3 is 2.64 bits per heavy atom. The first-order valence-electron chi connectivity index (χ1n) is 8.51. The van der Waals surface area contributed by atoms with Crippen molar-refractivity contribution >= 4 is 11.7 Å². The van der Waals surface area contributed by atoms with Crippen LogP contribution in [0.3, 0.4) is 0 Å². The fraction of sp³-hybridized carbons (Fsp3) is 0.350. The molecule has 1 heterocycles. The summed E-state index contributed by atoms with van der Waals surface area (Å²) in [6, 6.07) is 15.7. The van der Waals surface area contributed by atoms with Gasteiger partial charge in [-0.05, 0) is 36.6 Å². The van der Waals surface area contributed by atoms with Crippen LogP contribution in [0.15, 0.2) is 48.5 Å². The van der Waals surface area contributed by atoms with Crippen molar-refractivity contribution in [3.63, 3.8) is 0 Å². The third-order valence-electron chi connectivity index (χ3n) is 4.57. The number of rotatable bonds is 5. The van der Waals surface area contributed by atoms with Gasteiger partial charge in [-0.1, -0.05) is 30.3 Å². The Morgan fingerprint density at radius 1 is 1.16 bits per heavy atom. The zero-order valence-corrected chi connectivity index (χ0v) is 14.7. The lowest BCUT2D eigenvalue weighted by Gasteiger charge is -2.26. The van der Waals surface area contributed by atoms with E-state index in [1.807, 2.05) is 53.4 Å². The molecule has 25 heavy (non-hydrogen) atoms. The smallest absolute Gasteiger partial charge is 0.322 e. The Balaban J connectivity index is 1.74. The van der Waals surface area contributed by atoms with Crippen molar-refractivity contribution in [2.45, 2.75) is 25.5 Å². The Bertz CT molecular complexity index is 715. The highest BCUT2D eigenvalue weighted by atomic mass is 16.5. The van der Waals surface area contributed by atoms with Gasteiger partial charge in [0.2, 0.25) is 0 Å². The normalized spacial score (nSPS) is 16.7. The Hall–Kier alpha value is -2.53. The predicted octanol–water partition coefficient (Wildman–Crippen LogP) is 4.21. The van der Waals surface area contributed by atoms with Crippen LogP contribution in [0.5, 0.6) is 5.75 Å². The van der Waals surface area contributed by atoms with Gasteiger partial charge in [0.1, 0.15) is 5.75 Å². The van der Waals surface area contributed by atoms with Gasteiger partial charge in [0.05, 0.1) is 19.8 Å². The molecule has 0 aliphatic carbocycles. The second-order valence-electron chi connectivity index (χ2n) is 6.14. The number of para-hydroxylation sites is 1. The SMILES string of the molecule is COCc1ccccc1NC(=O)N1CCCC1c1ccc(OC)cc1. The summed E-state index contributed by atoms with van der Waals surface area (Å²) in [6.45, 7) is 1.23. The van der Waals surface area contributed by atoms with Crippen molar-refractivity contribution in [1.82, 2.24) is 4.90 Å². The molecule has 3 rings (SSSR count). The van der Waals surface area contributed by atoms with E-state index in [-0.39, 0.29) is 12.1 Å². The average molecular weight is 340 g/mol.